The minimum absolute atomic E-state index is 0.219. The highest BCUT2D eigenvalue weighted by atomic mass is 16.5. The van der Waals surface area contributed by atoms with E-state index in [0.29, 0.717) is 5.92 Å². The van der Waals surface area contributed by atoms with Gasteiger partial charge in [0.05, 0.1) is 12.1 Å². The Hall–Kier alpha value is -0.860. The minimum atomic E-state index is 0.219. The lowest BCUT2D eigenvalue weighted by Crippen LogP contribution is -2.37. The summed E-state index contributed by atoms with van der Waals surface area (Å²) in [6.45, 7) is 12.6. The molecule has 0 aliphatic heterocycles. The van der Waals surface area contributed by atoms with Gasteiger partial charge in [-0.15, -0.1) is 0 Å². The molecule has 0 aliphatic rings. The lowest BCUT2D eigenvalue weighted by Gasteiger charge is -2.31. The van der Waals surface area contributed by atoms with Gasteiger partial charge in [0.1, 0.15) is 0 Å². The zero-order valence-electron chi connectivity index (χ0n) is 13.1. The summed E-state index contributed by atoms with van der Waals surface area (Å²) in [7, 11) is 0. The van der Waals surface area contributed by atoms with Crippen molar-refractivity contribution in [2.45, 2.75) is 53.2 Å². The van der Waals surface area contributed by atoms with Crippen LogP contribution in [0.1, 0.15) is 51.8 Å². The molecule has 0 spiro atoms. The van der Waals surface area contributed by atoms with Gasteiger partial charge in [-0.3, -0.25) is 0 Å². The first-order valence-corrected chi connectivity index (χ1v) is 7.57. The Bertz CT molecular complexity index is 362. The standard InChI is InChI=1S/C17H29NO/c1-6-14-10-9-11-15(12-14)16(18-7-2)17(13(4)5)19-8-3/h9-13,16-18H,6-8H2,1-5H3. The molecular formula is C17H29NO. The maximum Gasteiger partial charge on any atom is 0.0792 e. The SMILES string of the molecule is CCNC(c1cccc(CC)c1)C(OCC)C(C)C. The van der Waals surface area contributed by atoms with Crippen LogP contribution in [0.25, 0.3) is 0 Å². The molecule has 0 fully saturated rings. The molecule has 2 heteroatoms. The predicted molar refractivity (Wildman–Crippen MR) is 82.5 cm³/mol. The highest BCUT2D eigenvalue weighted by Gasteiger charge is 2.25. The first-order valence-electron chi connectivity index (χ1n) is 7.57. The van der Waals surface area contributed by atoms with Crippen LogP contribution in [0.5, 0.6) is 0 Å². The summed E-state index contributed by atoms with van der Waals surface area (Å²) in [5, 5.41) is 3.59. The fraction of sp³-hybridized carbons (Fsp3) is 0.647. The first kappa shape index (κ1) is 16.2. The molecule has 1 aromatic carbocycles. The van der Waals surface area contributed by atoms with E-state index in [1.54, 1.807) is 0 Å². The Kier molecular flexibility index (Phi) is 7.11. The number of hydrogen-bond donors (Lipinski definition) is 1. The van der Waals surface area contributed by atoms with Crippen molar-refractivity contribution in [1.29, 1.82) is 0 Å². The van der Waals surface area contributed by atoms with Crippen LogP contribution in [-0.4, -0.2) is 19.3 Å². The van der Waals surface area contributed by atoms with Crippen molar-refractivity contribution in [3.8, 4) is 0 Å². The number of benzene rings is 1. The molecule has 1 N–H and O–H groups in total. The second-order valence-corrected chi connectivity index (χ2v) is 5.30. The normalized spacial score (nSPS) is 14.6. The van der Waals surface area contributed by atoms with Gasteiger partial charge in [0.2, 0.25) is 0 Å². The smallest absolute Gasteiger partial charge is 0.0792 e. The largest absolute Gasteiger partial charge is 0.376 e. The van der Waals surface area contributed by atoms with E-state index in [2.05, 4.69) is 64.2 Å². The molecule has 0 saturated carbocycles. The fourth-order valence-electron chi connectivity index (χ4n) is 2.52. The molecule has 19 heavy (non-hydrogen) atoms. The van der Waals surface area contributed by atoms with Gasteiger partial charge in [-0.05, 0) is 36.9 Å². The molecule has 0 bridgehead atoms. The molecule has 108 valence electrons. The quantitative estimate of drug-likeness (QED) is 0.766. The molecule has 2 atom stereocenters. The van der Waals surface area contributed by atoms with Crippen molar-refractivity contribution in [3.05, 3.63) is 35.4 Å². The minimum Gasteiger partial charge on any atom is -0.376 e. The van der Waals surface area contributed by atoms with E-state index in [-0.39, 0.29) is 12.1 Å². The van der Waals surface area contributed by atoms with Gasteiger partial charge in [-0.25, -0.2) is 0 Å². The zero-order chi connectivity index (χ0) is 14.3. The third-order valence-electron chi connectivity index (χ3n) is 3.49. The summed E-state index contributed by atoms with van der Waals surface area (Å²) in [5.41, 5.74) is 2.73. The van der Waals surface area contributed by atoms with Gasteiger partial charge >= 0.3 is 0 Å². The molecule has 1 rings (SSSR count). The van der Waals surface area contributed by atoms with E-state index in [1.165, 1.54) is 11.1 Å². The van der Waals surface area contributed by atoms with Gasteiger partial charge in [0.15, 0.2) is 0 Å². The Balaban J connectivity index is 3.02. The maximum absolute atomic E-state index is 5.98. The van der Waals surface area contributed by atoms with Crippen molar-refractivity contribution in [2.75, 3.05) is 13.2 Å². The van der Waals surface area contributed by atoms with Crippen molar-refractivity contribution in [3.63, 3.8) is 0 Å². The average Bonchev–Trinajstić information content (AvgIpc) is 2.42. The summed E-state index contributed by atoms with van der Waals surface area (Å²) in [6.07, 6.45) is 1.30. The molecule has 0 amide bonds. The van der Waals surface area contributed by atoms with Crippen molar-refractivity contribution in [2.24, 2.45) is 5.92 Å². The molecule has 0 heterocycles. The Labute approximate surface area is 118 Å². The number of ether oxygens (including phenoxy) is 1. The number of hydrogen-bond acceptors (Lipinski definition) is 2. The summed E-state index contributed by atoms with van der Waals surface area (Å²) < 4.78 is 5.98. The lowest BCUT2D eigenvalue weighted by molar-refractivity contribution is 0.00316. The Morgan fingerprint density at radius 3 is 2.42 bits per heavy atom. The molecule has 2 unspecified atom stereocenters. The van der Waals surface area contributed by atoms with Gasteiger partial charge in [0.25, 0.3) is 0 Å². The van der Waals surface area contributed by atoms with Crippen LogP contribution in [0.3, 0.4) is 0 Å². The summed E-state index contributed by atoms with van der Waals surface area (Å²) in [4.78, 5) is 0. The third-order valence-corrected chi connectivity index (χ3v) is 3.49. The van der Waals surface area contributed by atoms with Crippen molar-refractivity contribution in [1.82, 2.24) is 5.32 Å². The molecule has 2 nitrogen and oxygen atoms in total. The van der Waals surface area contributed by atoms with Crippen LogP contribution in [0, 0.1) is 5.92 Å². The third kappa shape index (κ3) is 4.63. The van der Waals surface area contributed by atoms with E-state index < -0.39 is 0 Å². The molecular weight excluding hydrogens is 234 g/mol. The van der Waals surface area contributed by atoms with Crippen LogP contribution < -0.4 is 5.32 Å². The highest BCUT2D eigenvalue weighted by molar-refractivity contribution is 5.27. The van der Waals surface area contributed by atoms with E-state index in [9.17, 15) is 0 Å². The average molecular weight is 263 g/mol. The number of aryl methyl sites for hydroxylation is 1. The fourth-order valence-corrected chi connectivity index (χ4v) is 2.52. The van der Waals surface area contributed by atoms with Crippen LogP contribution in [0.15, 0.2) is 24.3 Å². The van der Waals surface area contributed by atoms with E-state index in [1.807, 2.05) is 0 Å². The van der Waals surface area contributed by atoms with E-state index >= 15 is 0 Å². The molecule has 0 saturated heterocycles. The van der Waals surface area contributed by atoms with Crippen molar-refractivity contribution >= 4 is 0 Å². The summed E-state index contributed by atoms with van der Waals surface area (Å²) in [5.74, 6) is 0.495. The van der Waals surface area contributed by atoms with Crippen LogP contribution in [-0.2, 0) is 11.2 Å². The second-order valence-electron chi connectivity index (χ2n) is 5.30. The van der Waals surface area contributed by atoms with Crippen LogP contribution in [0.4, 0.5) is 0 Å². The van der Waals surface area contributed by atoms with Crippen LogP contribution >= 0.6 is 0 Å². The molecule has 1 aromatic rings. The predicted octanol–water partition coefficient (Wildman–Crippen LogP) is 3.96. The van der Waals surface area contributed by atoms with Gasteiger partial charge in [-0.1, -0.05) is 52.0 Å². The molecule has 0 aliphatic carbocycles. The van der Waals surface area contributed by atoms with Gasteiger partial charge in [0, 0.05) is 6.61 Å². The Morgan fingerprint density at radius 1 is 1.16 bits per heavy atom. The number of rotatable bonds is 8. The lowest BCUT2D eigenvalue weighted by atomic mass is 9.92. The second kappa shape index (κ2) is 8.34. The summed E-state index contributed by atoms with van der Waals surface area (Å²) in [6, 6.07) is 9.14. The van der Waals surface area contributed by atoms with Crippen molar-refractivity contribution < 1.29 is 4.74 Å². The van der Waals surface area contributed by atoms with Gasteiger partial charge in [-0.2, -0.15) is 0 Å². The first-order chi connectivity index (χ1) is 9.13. The van der Waals surface area contributed by atoms with Crippen LogP contribution in [0.2, 0.25) is 0 Å². The van der Waals surface area contributed by atoms with E-state index in [0.717, 1.165) is 19.6 Å². The monoisotopic (exact) mass is 263 g/mol. The highest BCUT2D eigenvalue weighted by Crippen LogP contribution is 2.25. The molecule has 0 radical (unpaired) electrons. The summed E-state index contributed by atoms with van der Waals surface area (Å²) >= 11 is 0. The van der Waals surface area contributed by atoms with Gasteiger partial charge < -0.3 is 10.1 Å². The number of nitrogens with one attached hydrogen (secondary N) is 1. The number of likely N-dealkylation sites (N-methyl/N-ethyl adjacent to an activating group) is 1. The zero-order valence-corrected chi connectivity index (χ0v) is 13.1. The molecule has 0 aromatic heterocycles. The van der Waals surface area contributed by atoms with E-state index in [4.69, 9.17) is 4.74 Å². The Morgan fingerprint density at radius 2 is 1.89 bits per heavy atom. The maximum atomic E-state index is 5.98. The topological polar surface area (TPSA) is 21.3 Å².